The van der Waals surface area contributed by atoms with Crippen molar-refractivity contribution in [3.63, 3.8) is 0 Å². The topological polar surface area (TPSA) is 15.3 Å². The molecule has 0 radical (unpaired) electrons. The number of hydrogen-bond acceptors (Lipinski definition) is 2. The van der Waals surface area contributed by atoms with E-state index in [1.807, 2.05) is 0 Å². The Labute approximate surface area is 106 Å². The second kappa shape index (κ2) is 7.46. The number of nitrogens with zero attached hydrogens (tertiary/aromatic N) is 1. The number of rotatable bonds is 7. The largest absolute Gasteiger partial charge is 0.312 e. The van der Waals surface area contributed by atoms with Crippen molar-refractivity contribution in [1.82, 2.24) is 10.2 Å². The first-order valence-corrected chi connectivity index (χ1v) is 6.63. The van der Waals surface area contributed by atoms with E-state index in [0.717, 1.165) is 6.54 Å². The molecule has 0 saturated carbocycles. The van der Waals surface area contributed by atoms with Gasteiger partial charge in [0.2, 0.25) is 0 Å². The van der Waals surface area contributed by atoms with Crippen molar-refractivity contribution in [1.29, 1.82) is 0 Å². The summed E-state index contributed by atoms with van der Waals surface area (Å²) in [6, 6.07) is 11.8. The summed E-state index contributed by atoms with van der Waals surface area (Å²) in [5, 5.41) is 3.66. The van der Waals surface area contributed by atoms with Gasteiger partial charge in [-0.05, 0) is 32.5 Å². The molecule has 0 aromatic heterocycles. The first-order chi connectivity index (χ1) is 8.19. The van der Waals surface area contributed by atoms with Gasteiger partial charge in [0.15, 0.2) is 0 Å². The second-order valence-corrected chi connectivity index (χ2v) is 4.81. The highest BCUT2D eigenvalue weighted by molar-refractivity contribution is 5.19. The fraction of sp³-hybridized carbons (Fsp3) is 0.600. The monoisotopic (exact) mass is 234 g/mol. The molecule has 0 amide bonds. The third-order valence-electron chi connectivity index (χ3n) is 3.39. The lowest BCUT2D eigenvalue weighted by Crippen LogP contribution is -2.36. The van der Waals surface area contributed by atoms with Crippen LogP contribution in [0.2, 0.25) is 0 Å². The molecule has 0 saturated heterocycles. The summed E-state index contributed by atoms with van der Waals surface area (Å²) in [6.07, 6.45) is 2.40. The average molecular weight is 234 g/mol. The molecule has 1 atom stereocenters. The molecule has 0 aliphatic carbocycles. The smallest absolute Gasteiger partial charge is 0.0466 e. The summed E-state index contributed by atoms with van der Waals surface area (Å²) in [7, 11) is 4.29. The van der Waals surface area contributed by atoms with Gasteiger partial charge in [0.05, 0.1) is 0 Å². The predicted molar refractivity (Wildman–Crippen MR) is 75.2 cm³/mol. The van der Waals surface area contributed by atoms with Crippen LogP contribution in [0.4, 0.5) is 0 Å². The third kappa shape index (κ3) is 4.49. The third-order valence-corrected chi connectivity index (χ3v) is 3.39. The van der Waals surface area contributed by atoms with Crippen molar-refractivity contribution in [2.24, 2.45) is 0 Å². The minimum atomic E-state index is 0.455. The van der Waals surface area contributed by atoms with E-state index in [4.69, 9.17) is 0 Å². The first kappa shape index (κ1) is 14.2. The number of likely N-dealkylation sites (N-methyl/N-ethyl adjacent to an activating group) is 1. The molecule has 0 bridgehead atoms. The Bertz CT molecular complexity index is 291. The first-order valence-electron chi connectivity index (χ1n) is 6.63. The van der Waals surface area contributed by atoms with Crippen LogP contribution in [0.25, 0.3) is 0 Å². The van der Waals surface area contributed by atoms with Crippen molar-refractivity contribution in [2.45, 2.75) is 38.8 Å². The number of benzene rings is 1. The van der Waals surface area contributed by atoms with Crippen molar-refractivity contribution in [3.05, 3.63) is 35.9 Å². The Kier molecular flexibility index (Phi) is 6.23. The highest BCUT2D eigenvalue weighted by Gasteiger charge is 2.14. The summed E-state index contributed by atoms with van der Waals surface area (Å²) < 4.78 is 0. The van der Waals surface area contributed by atoms with Crippen LogP contribution in [-0.2, 0) is 0 Å². The Morgan fingerprint density at radius 3 is 2.12 bits per heavy atom. The van der Waals surface area contributed by atoms with Crippen molar-refractivity contribution < 1.29 is 0 Å². The van der Waals surface area contributed by atoms with Gasteiger partial charge in [0.25, 0.3) is 0 Å². The van der Waals surface area contributed by atoms with Crippen LogP contribution in [0.5, 0.6) is 0 Å². The molecule has 1 unspecified atom stereocenters. The van der Waals surface area contributed by atoms with Gasteiger partial charge in [-0.3, -0.25) is 0 Å². The van der Waals surface area contributed by atoms with Crippen LogP contribution in [0.15, 0.2) is 30.3 Å². The summed E-state index contributed by atoms with van der Waals surface area (Å²) in [5.41, 5.74) is 1.39. The van der Waals surface area contributed by atoms with Crippen LogP contribution in [-0.4, -0.2) is 31.6 Å². The number of nitrogens with one attached hydrogen (secondary N) is 1. The molecule has 1 aromatic rings. The average Bonchev–Trinajstić information content (AvgIpc) is 2.35. The van der Waals surface area contributed by atoms with Crippen LogP contribution in [0, 0.1) is 0 Å². The molecule has 1 N–H and O–H groups in total. The lowest BCUT2D eigenvalue weighted by atomic mass is 10.0. The summed E-state index contributed by atoms with van der Waals surface area (Å²) in [4.78, 5) is 2.28. The molecule has 0 fully saturated rings. The van der Waals surface area contributed by atoms with Gasteiger partial charge in [0, 0.05) is 18.6 Å². The van der Waals surface area contributed by atoms with Gasteiger partial charge >= 0.3 is 0 Å². The van der Waals surface area contributed by atoms with E-state index in [2.05, 4.69) is 68.5 Å². The molecule has 96 valence electrons. The zero-order valence-corrected chi connectivity index (χ0v) is 11.6. The van der Waals surface area contributed by atoms with Crippen molar-refractivity contribution in [2.75, 3.05) is 20.6 Å². The minimum Gasteiger partial charge on any atom is -0.312 e. The van der Waals surface area contributed by atoms with Gasteiger partial charge in [-0.2, -0.15) is 0 Å². The fourth-order valence-electron chi connectivity index (χ4n) is 2.13. The molecule has 0 aliphatic heterocycles. The quantitative estimate of drug-likeness (QED) is 0.780. The van der Waals surface area contributed by atoms with Crippen LogP contribution >= 0.6 is 0 Å². The molecular weight excluding hydrogens is 208 g/mol. The van der Waals surface area contributed by atoms with Gasteiger partial charge < -0.3 is 10.2 Å². The van der Waals surface area contributed by atoms with Crippen molar-refractivity contribution in [3.8, 4) is 0 Å². The molecule has 2 heteroatoms. The van der Waals surface area contributed by atoms with E-state index in [0.29, 0.717) is 12.1 Å². The van der Waals surface area contributed by atoms with Gasteiger partial charge in [0.1, 0.15) is 0 Å². The highest BCUT2D eigenvalue weighted by Crippen LogP contribution is 2.17. The molecule has 0 heterocycles. The van der Waals surface area contributed by atoms with E-state index >= 15 is 0 Å². The van der Waals surface area contributed by atoms with E-state index in [1.54, 1.807) is 0 Å². The maximum absolute atomic E-state index is 3.66. The van der Waals surface area contributed by atoms with E-state index in [-0.39, 0.29) is 0 Å². The molecular formula is C15H26N2. The highest BCUT2D eigenvalue weighted by atomic mass is 15.1. The van der Waals surface area contributed by atoms with E-state index in [1.165, 1.54) is 18.4 Å². The zero-order chi connectivity index (χ0) is 12.7. The lowest BCUT2D eigenvalue weighted by Gasteiger charge is -2.27. The Morgan fingerprint density at radius 2 is 1.65 bits per heavy atom. The Hall–Kier alpha value is -0.860. The fourth-order valence-corrected chi connectivity index (χ4v) is 2.13. The van der Waals surface area contributed by atoms with Crippen molar-refractivity contribution >= 4 is 0 Å². The Balaban J connectivity index is 2.62. The maximum Gasteiger partial charge on any atom is 0.0466 e. The lowest BCUT2D eigenvalue weighted by molar-refractivity contribution is 0.276. The van der Waals surface area contributed by atoms with Gasteiger partial charge in [-0.1, -0.05) is 44.2 Å². The summed E-state index contributed by atoms with van der Waals surface area (Å²) >= 11 is 0. The second-order valence-electron chi connectivity index (χ2n) is 4.81. The molecule has 17 heavy (non-hydrogen) atoms. The standard InChI is InChI=1S/C15H26N2/c1-5-14(6-2)16-12-15(17(3)4)13-10-8-7-9-11-13/h7-11,14-16H,5-6,12H2,1-4H3. The van der Waals surface area contributed by atoms with Gasteiger partial charge in [-0.15, -0.1) is 0 Å². The number of hydrogen-bond donors (Lipinski definition) is 1. The van der Waals surface area contributed by atoms with Crippen LogP contribution < -0.4 is 5.32 Å². The molecule has 0 spiro atoms. The summed E-state index contributed by atoms with van der Waals surface area (Å²) in [5.74, 6) is 0. The zero-order valence-electron chi connectivity index (χ0n) is 11.6. The predicted octanol–water partition coefficient (Wildman–Crippen LogP) is 3.07. The van der Waals surface area contributed by atoms with Crippen LogP contribution in [0.1, 0.15) is 38.3 Å². The van der Waals surface area contributed by atoms with E-state index in [9.17, 15) is 0 Å². The molecule has 0 aliphatic rings. The van der Waals surface area contributed by atoms with Crippen LogP contribution in [0.3, 0.4) is 0 Å². The molecule has 1 rings (SSSR count). The molecule has 1 aromatic carbocycles. The van der Waals surface area contributed by atoms with E-state index < -0.39 is 0 Å². The summed E-state index contributed by atoms with van der Waals surface area (Å²) in [6.45, 7) is 5.51. The normalized spacial score (nSPS) is 13.3. The SMILES string of the molecule is CCC(CC)NCC(c1ccccc1)N(C)C. The maximum atomic E-state index is 3.66. The minimum absolute atomic E-state index is 0.455. The Morgan fingerprint density at radius 1 is 1.06 bits per heavy atom. The molecule has 2 nitrogen and oxygen atoms in total. The van der Waals surface area contributed by atoms with Gasteiger partial charge in [-0.25, -0.2) is 0 Å².